The van der Waals surface area contributed by atoms with Crippen LogP contribution in [0.4, 0.5) is 8.78 Å². The van der Waals surface area contributed by atoms with Crippen molar-refractivity contribution < 1.29 is 26.7 Å². The predicted molar refractivity (Wildman–Crippen MR) is 181 cm³/mol. The van der Waals surface area contributed by atoms with E-state index in [4.69, 9.17) is 32.9 Å². The van der Waals surface area contributed by atoms with Gasteiger partial charge >= 0.3 is 5.97 Å². The van der Waals surface area contributed by atoms with Gasteiger partial charge in [-0.15, -0.1) is 0 Å². The van der Waals surface area contributed by atoms with E-state index in [0.29, 0.717) is 54.5 Å². The maximum atomic E-state index is 14.3. The summed E-state index contributed by atoms with van der Waals surface area (Å²) in [4.78, 5) is 18.2. The monoisotopic (exact) mass is 699 g/mol. The van der Waals surface area contributed by atoms with Gasteiger partial charge in [0, 0.05) is 64.1 Å². The van der Waals surface area contributed by atoms with Crippen molar-refractivity contribution in [3.63, 3.8) is 0 Å². The van der Waals surface area contributed by atoms with Crippen molar-refractivity contribution in [3.05, 3.63) is 105 Å². The molecule has 0 radical (unpaired) electrons. The van der Waals surface area contributed by atoms with E-state index in [2.05, 4.69) is 5.10 Å². The molecule has 0 saturated heterocycles. The number of hydrogen-bond acceptors (Lipinski definition) is 6. The minimum Gasteiger partial charge on any atom is -0.460 e. The van der Waals surface area contributed by atoms with E-state index in [0.717, 1.165) is 12.3 Å². The van der Waals surface area contributed by atoms with Crippen LogP contribution in [-0.4, -0.2) is 41.0 Å². The number of hydrogen-bond donors (Lipinski definition) is 0. The van der Waals surface area contributed by atoms with Crippen molar-refractivity contribution in [2.24, 2.45) is 7.05 Å². The second-order valence-corrected chi connectivity index (χ2v) is 15.5. The minimum atomic E-state index is -3.46. The molecule has 0 unspecified atom stereocenters. The zero-order valence-electron chi connectivity index (χ0n) is 26.4. The molecule has 1 atom stereocenters. The number of sulfone groups is 1. The van der Waals surface area contributed by atoms with E-state index in [-0.39, 0.29) is 24.3 Å². The highest BCUT2D eigenvalue weighted by Gasteiger charge is 2.28. The number of rotatable bonds is 9. The number of carbonyl (C=O) groups is 1. The number of aryl methyl sites for hydroxylation is 1. The predicted octanol–water partition coefficient (Wildman–Crippen LogP) is 8.49. The van der Waals surface area contributed by atoms with Crippen LogP contribution in [0.5, 0.6) is 0 Å². The first kappa shape index (κ1) is 34.5. The summed E-state index contributed by atoms with van der Waals surface area (Å²) in [5.41, 5.74) is 3.39. The van der Waals surface area contributed by atoms with Crippen molar-refractivity contribution in [2.75, 3.05) is 6.26 Å². The van der Waals surface area contributed by atoms with Gasteiger partial charge in [-0.3, -0.25) is 14.5 Å². The number of aromatic nitrogens is 3. The molecule has 7 nitrogen and oxygen atoms in total. The molecule has 246 valence electrons. The van der Waals surface area contributed by atoms with Crippen LogP contribution >= 0.6 is 23.2 Å². The lowest BCUT2D eigenvalue weighted by Crippen LogP contribution is -2.25. The number of fused-ring (bicyclic) bond motifs is 1. The average Bonchev–Trinajstić information content (AvgIpc) is 3.26. The van der Waals surface area contributed by atoms with Crippen molar-refractivity contribution in [1.29, 1.82) is 0 Å². The Bertz CT molecular complexity index is 2090. The molecule has 0 N–H and O–H groups in total. The largest absolute Gasteiger partial charge is 0.460 e. The molecule has 3 aromatic carbocycles. The standard InChI is InChI=1S/C35H33Cl2F2N3O4S/c1-35(2,3)46-31(43)16-21(12-20-13-23(38)17-24(39)14-20)33-27(15-22(18-40-33)25-8-6-7-9-28(25)36)26-10-11-29(37)32-30(19-47(5,44)45)41-42(4)34(26)32/h6-11,13-15,17-18,21H,12,16,19H2,1-5H3/t21-/m1/s1. The van der Waals surface area contributed by atoms with E-state index < -0.39 is 39.0 Å². The molecular weight excluding hydrogens is 667 g/mol. The molecule has 12 heteroatoms. The first-order valence-electron chi connectivity index (χ1n) is 14.7. The van der Waals surface area contributed by atoms with Crippen LogP contribution in [-0.2, 0) is 38.6 Å². The van der Waals surface area contributed by atoms with Crippen molar-refractivity contribution in [1.82, 2.24) is 14.8 Å². The van der Waals surface area contributed by atoms with E-state index in [1.54, 1.807) is 56.9 Å². The van der Waals surface area contributed by atoms with Crippen LogP contribution in [0.2, 0.25) is 10.0 Å². The van der Waals surface area contributed by atoms with Crippen LogP contribution in [0.25, 0.3) is 33.2 Å². The Hall–Kier alpha value is -3.86. The Morgan fingerprint density at radius 1 is 0.957 bits per heavy atom. The molecule has 0 fully saturated rings. The number of esters is 1. The molecule has 2 aromatic heterocycles. The third-order valence-corrected chi connectivity index (χ3v) is 8.87. The number of benzene rings is 3. The van der Waals surface area contributed by atoms with Crippen molar-refractivity contribution in [2.45, 2.75) is 50.9 Å². The van der Waals surface area contributed by atoms with Gasteiger partial charge in [0.05, 0.1) is 34.1 Å². The van der Waals surface area contributed by atoms with Gasteiger partial charge < -0.3 is 4.74 Å². The van der Waals surface area contributed by atoms with Crippen LogP contribution in [0.1, 0.15) is 50.1 Å². The van der Waals surface area contributed by atoms with Gasteiger partial charge in [0.25, 0.3) is 0 Å². The molecular formula is C35H33Cl2F2N3O4S. The summed E-state index contributed by atoms with van der Waals surface area (Å²) in [7, 11) is -1.78. The molecule has 5 rings (SSSR count). The number of nitrogens with zero attached hydrogens (tertiary/aromatic N) is 3. The topological polar surface area (TPSA) is 91.1 Å². The smallest absolute Gasteiger partial charge is 0.306 e. The molecule has 0 spiro atoms. The van der Waals surface area contributed by atoms with Gasteiger partial charge in [-0.05, 0) is 63.1 Å². The Labute approximate surface area is 282 Å². The first-order valence-corrected chi connectivity index (χ1v) is 17.5. The van der Waals surface area contributed by atoms with Gasteiger partial charge in [-0.25, -0.2) is 17.2 Å². The van der Waals surface area contributed by atoms with Crippen LogP contribution < -0.4 is 0 Å². The van der Waals surface area contributed by atoms with E-state index in [9.17, 15) is 22.0 Å². The van der Waals surface area contributed by atoms with Gasteiger partial charge in [0.2, 0.25) is 0 Å². The molecule has 0 aliphatic rings. The van der Waals surface area contributed by atoms with Crippen LogP contribution in [0, 0.1) is 11.6 Å². The lowest BCUT2D eigenvalue weighted by molar-refractivity contribution is -0.155. The molecule has 5 aromatic rings. The molecule has 0 aliphatic heterocycles. The summed E-state index contributed by atoms with van der Waals surface area (Å²) < 4.78 is 60.5. The fraction of sp³-hybridized carbons (Fsp3) is 0.286. The normalized spacial score (nSPS) is 12.8. The highest BCUT2D eigenvalue weighted by Crippen LogP contribution is 2.42. The maximum absolute atomic E-state index is 14.3. The molecule has 0 bridgehead atoms. The van der Waals surface area contributed by atoms with Crippen LogP contribution in [0.15, 0.2) is 66.9 Å². The number of halogens is 4. The van der Waals surface area contributed by atoms with Crippen molar-refractivity contribution in [3.8, 4) is 22.3 Å². The summed E-state index contributed by atoms with van der Waals surface area (Å²) in [6.07, 6.45) is 2.67. The second-order valence-electron chi connectivity index (χ2n) is 12.6. The fourth-order valence-corrected chi connectivity index (χ4v) is 6.95. The lowest BCUT2D eigenvalue weighted by atomic mass is 9.86. The zero-order valence-corrected chi connectivity index (χ0v) is 28.8. The SMILES string of the molecule is Cn1nc(CS(C)(=O)=O)c2c(Cl)ccc(-c3cc(-c4ccccc4Cl)cnc3[C@@H](CC(=O)OC(C)(C)C)Cc3cc(F)cc(F)c3)c21. The maximum Gasteiger partial charge on any atom is 0.306 e. The number of carbonyl (C=O) groups excluding carboxylic acids is 1. The molecule has 2 heterocycles. The van der Waals surface area contributed by atoms with Gasteiger partial charge in [-0.2, -0.15) is 5.10 Å². The quantitative estimate of drug-likeness (QED) is 0.143. The summed E-state index contributed by atoms with van der Waals surface area (Å²) in [5.74, 6) is -3.03. The minimum absolute atomic E-state index is 0.0564. The number of ether oxygens (including phenoxy) is 1. The summed E-state index contributed by atoms with van der Waals surface area (Å²) in [6.45, 7) is 5.26. The van der Waals surface area contributed by atoms with Gasteiger partial charge in [0.15, 0.2) is 9.84 Å². The average molecular weight is 701 g/mol. The zero-order chi connectivity index (χ0) is 34.3. The molecule has 0 aliphatic carbocycles. The Morgan fingerprint density at radius 2 is 1.64 bits per heavy atom. The summed E-state index contributed by atoms with van der Waals surface area (Å²) >= 11 is 13.3. The van der Waals surface area contributed by atoms with Crippen molar-refractivity contribution >= 4 is 49.9 Å². The third-order valence-electron chi connectivity index (χ3n) is 7.43. The van der Waals surface area contributed by atoms with Crippen LogP contribution in [0.3, 0.4) is 0 Å². The summed E-state index contributed by atoms with van der Waals surface area (Å²) in [5, 5.41) is 5.79. The van der Waals surface area contributed by atoms with Gasteiger partial charge in [0.1, 0.15) is 17.2 Å². The number of pyridine rings is 1. The third kappa shape index (κ3) is 8.17. The Kier molecular flexibility index (Phi) is 9.78. The van der Waals surface area contributed by atoms with Gasteiger partial charge in [-0.1, -0.05) is 47.5 Å². The highest BCUT2D eigenvalue weighted by molar-refractivity contribution is 7.89. The van der Waals surface area contributed by atoms with E-state index in [1.807, 2.05) is 24.3 Å². The first-order chi connectivity index (χ1) is 22.0. The summed E-state index contributed by atoms with van der Waals surface area (Å²) in [6, 6.07) is 15.8. The van der Waals surface area contributed by atoms with E-state index in [1.165, 1.54) is 12.1 Å². The Balaban J connectivity index is 1.79. The molecule has 0 saturated carbocycles. The lowest BCUT2D eigenvalue weighted by Gasteiger charge is -2.24. The molecule has 0 amide bonds. The molecule has 47 heavy (non-hydrogen) atoms. The van der Waals surface area contributed by atoms with E-state index >= 15 is 0 Å². The Morgan fingerprint density at radius 3 is 2.28 bits per heavy atom. The fourth-order valence-electron chi connectivity index (χ4n) is 5.75. The highest BCUT2D eigenvalue weighted by atomic mass is 35.5. The second kappa shape index (κ2) is 13.3.